The van der Waals surface area contributed by atoms with Crippen LogP contribution in [0, 0.1) is 0 Å². The molecule has 0 fully saturated rings. The zero-order valence-electron chi connectivity index (χ0n) is 6.16. The molecule has 11 heavy (non-hydrogen) atoms. The van der Waals surface area contributed by atoms with Crippen molar-refractivity contribution in [3.05, 3.63) is 0 Å². The second-order valence-electron chi connectivity index (χ2n) is 2.25. The molecule has 0 aliphatic heterocycles. The van der Waals surface area contributed by atoms with E-state index in [-0.39, 0.29) is 18.6 Å². The highest BCUT2D eigenvalue weighted by Crippen LogP contribution is 1.95. The fourth-order valence-corrected chi connectivity index (χ4v) is 0.591. The van der Waals surface area contributed by atoms with E-state index in [0.29, 0.717) is 19.0 Å². The molecular weight excluding hydrogens is 146 g/mol. The van der Waals surface area contributed by atoms with Gasteiger partial charge in [-0.3, -0.25) is 4.79 Å². The molecule has 0 heterocycles. The van der Waals surface area contributed by atoms with Gasteiger partial charge in [0.05, 0.1) is 12.5 Å². The van der Waals surface area contributed by atoms with Gasteiger partial charge in [-0.15, -0.1) is 0 Å². The largest absolute Gasteiger partial charge is 0.322 e. The number of carbonyl (C=O) groups excluding carboxylic acids is 3. The molecule has 62 valence electrons. The molecule has 4 heteroatoms. The van der Waals surface area contributed by atoms with Crippen molar-refractivity contribution in [3.8, 4) is 0 Å². The Bertz CT molecular complexity index is 156. The van der Waals surface area contributed by atoms with Gasteiger partial charge in [-0.25, -0.2) is 0 Å². The molecule has 4 nitrogen and oxygen atoms in total. The molecule has 0 amide bonds. The SMILES string of the molecule is NC(C=O)CCC(=O)CC=O. The molecule has 0 saturated heterocycles. The summed E-state index contributed by atoms with van der Waals surface area (Å²) in [4.78, 5) is 30.4. The summed E-state index contributed by atoms with van der Waals surface area (Å²) in [6.07, 6.45) is 1.60. The highest BCUT2D eigenvalue weighted by molar-refractivity contribution is 5.89. The van der Waals surface area contributed by atoms with E-state index in [4.69, 9.17) is 5.73 Å². The van der Waals surface area contributed by atoms with Crippen molar-refractivity contribution < 1.29 is 14.4 Å². The van der Waals surface area contributed by atoms with Gasteiger partial charge in [0, 0.05) is 6.42 Å². The maximum atomic E-state index is 10.7. The van der Waals surface area contributed by atoms with Crippen LogP contribution in [0.5, 0.6) is 0 Å². The molecule has 1 unspecified atom stereocenters. The average molecular weight is 157 g/mol. The fourth-order valence-electron chi connectivity index (χ4n) is 0.591. The summed E-state index contributed by atoms with van der Waals surface area (Å²) < 4.78 is 0. The highest BCUT2D eigenvalue weighted by Gasteiger charge is 2.04. The van der Waals surface area contributed by atoms with Gasteiger partial charge in [0.15, 0.2) is 0 Å². The second-order valence-corrected chi connectivity index (χ2v) is 2.25. The number of Topliss-reactive ketones (excluding diaryl/α,β-unsaturated/α-hetero) is 1. The molecule has 0 aromatic carbocycles. The van der Waals surface area contributed by atoms with E-state index in [1.807, 2.05) is 0 Å². The third-order valence-corrected chi connectivity index (χ3v) is 1.24. The molecule has 0 aromatic rings. The first-order valence-electron chi connectivity index (χ1n) is 3.37. The number of ketones is 1. The van der Waals surface area contributed by atoms with Gasteiger partial charge in [0.2, 0.25) is 0 Å². The Labute approximate surface area is 64.8 Å². The molecular formula is C7H11NO3. The molecule has 1 atom stereocenters. The minimum atomic E-state index is -0.578. The summed E-state index contributed by atoms with van der Waals surface area (Å²) in [7, 11) is 0. The Morgan fingerprint density at radius 1 is 1.45 bits per heavy atom. The quantitative estimate of drug-likeness (QED) is 0.414. The fraction of sp³-hybridized carbons (Fsp3) is 0.571. The van der Waals surface area contributed by atoms with E-state index in [0.717, 1.165) is 0 Å². The number of rotatable bonds is 6. The average Bonchev–Trinajstić information content (AvgIpc) is 2.01. The third kappa shape index (κ3) is 5.42. The zero-order chi connectivity index (χ0) is 8.69. The van der Waals surface area contributed by atoms with Crippen LogP contribution in [0.2, 0.25) is 0 Å². The van der Waals surface area contributed by atoms with Gasteiger partial charge >= 0.3 is 0 Å². The van der Waals surface area contributed by atoms with Crippen LogP contribution in [0.3, 0.4) is 0 Å². The van der Waals surface area contributed by atoms with Crippen molar-refractivity contribution in [1.29, 1.82) is 0 Å². The highest BCUT2D eigenvalue weighted by atomic mass is 16.1. The lowest BCUT2D eigenvalue weighted by molar-refractivity contribution is -0.122. The van der Waals surface area contributed by atoms with E-state index >= 15 is 0 Å². The van der Waals surface area contributed by atoms with Crippen LogP contribution in [0.1, 0.15) is 19.3 Å². The first-order chi connectivity index (χ1) is 5.20. The van der Waals surface area contributed by atoms with E-state index in [1.54, 1.807) is 0 Å². The van der Waals surface area contributed by atoms with Crippen LogP contribution < -0.4 is 5.73 Å². The first-order valence-corrected chi connectivity index (χ1v) is 3.37. The lowest BCUT2D eigenvalue weighted by Crippen LogP contribution is -2.22. The molecule has 0 spiro atoms. The smallest absolute Gasteiger partial charge is 0.140 e. The summed E-state index contributed by atoms with van der Waals surface area (Å²) in [6.45, 7) is 0. The van der Waals surface area contributed by atoms with Crippen LogP contribution >= 0.6 is 0 Å². The van der Waals surface area contributed by atoms with Crippen molar-refractivity contribution in [3.63, 3.8) is 0 Å². The molecule has 0 saturated carbocycles. The van der Waals surface area contributed by atoms with Crippen molar-refractivity contribution in [2.75, 3.05) is 0 Å². The topological polar surface area (TPSA) is 77.2 Å². The van der Waals surface area contributed by atoms with E-state index in [1.165, 1.54) is 0 Å². The Morgan fingerprint density at radius 2 is 2.09 bits per heavy atom. The van der Waals surface area contributed by atoms with E-state index in [2.05, 4.69) is 0 Å². The number of hydrogen-bond acceptors (Lipinski definition) is 4. The minimum absolute atomic E-state index is 0.0778. The van der Waals surface area contributed by atoms with Gasteiger partial charge in [0.25, 0.3) is 0 Å². The Hall–Kier alpha value is -1.03. The first kappa shape index (κ1) is 9.97. The van der Waals surface area contributed by atoms with Crippen molar-refractivity contribution in [2.24, 2.45) is 5.73 Å². The van der Waals surface area contributed by atoms with Gasteiger partial charge in [-0.05, 0) is 6.42 Å². The van der Waals surface area contributed by atoms with E-state index in [9.17, 15) is 14.4 Å². The standard InChI is InChI=1S/C7H11NO3/c8-6(5-10)1-2-7(11)3-4-9/h4-6H,1-3,8H2. The summed E-state index contributed by atoms with van der Waals surface area (Å²) in [5, 5.41) is 0. The lowest BCUT2D eigenvalue weighted by Gasteiger charge is -1.99. The van der Waals surface area contributed by atoms with Crippen molar-refractivity contribution in [2.45, 2.75) is 25.3 Å². The van der Waals surface area contributed by atoms with Gasteiger partial charge < -0.3 is 15.3 Å². The van der Waals surface area contributed by atoms with Crippen LogP contribution in [0.25, 0.3) is 0 Å². The van der Waals surface area contributed by atoms with Gasteiger partial charge in [0.1, 0.15) is 18.4 Å². The maximum absolute atomic E-state index is 10.7. The van der Waals surface area contributed by atoms with E-state index < -0.39 is 6.04 Å². The summed E-state index contributed by atoms with van der Waals surface area (Å²) in [5.74, 6) is -0.169. The summed E-state index contributed by atoms with van der Waals surface area (Å²) in [6, 6.07) is -0.578. The lowest BCUT2D eigenvalue weighted by atomic mass is 10.1. The molecule has 0 radical (unpaired) electrons. The van der Waals surface area contributed by atoms with Crippen molar-refractivity contribution >= 4 is 18.4 Å². The second kappa shape index (κ2) is 5.73. The number of aldehydes is 2. The molecule has 0 aliphatic carbocycles. The molecule has 0 aliphatic rings. The molecule has 2 N–H and O–H groups in total. The molecule has 0 aromatic heterocycles. The third-order valence-electron chi connectivity index (χ3n) is 1.24. The number of hydrogen-bond donors (Lipinski definition) is 1. The predicted molar refractivity (Wildman–Crippen MR) is 39.0 cm³/mol. The van der Waals surface area contributed by atoms with Gasteiger partial charge in [-0.1, -0.05) is 0 Å². The Kier molecular flexibility index (Phi) is 5.20. The predicted octanol–water partition coefficient (Wildman–Crippen LogP) is -0.549. The van der Waals surface area contributed by atoms with Crippen molar-refractivity contribution in [1.82, 2.24) is 0 Å². The van der Waals surface area contributed by atoms with Crippen LogP contribution in [0.15, 0.2) is 0 Å². The molecule has 0 rings (SSSR count). The Morgan fingerprint density at radius 3 is 2.55 bits per heavy atom. The maximum Gasteiger partial charge on any atom is 0.140 e. The Balaban J connectivity index is 3.44. The van der Waals surface area contributed by atoms with Crippen LogP contribution in [-0.2, 0) is 14.4 Å². The minimum Gasteiger partial charge on any atom is -0.322 e. The van der Waals surface area contributed by atoms with Crippen LogP contribution in [0.4, 0.5) is 0 Å². The number of nitrogens with two attached hydrogens (primary N) is 1. The number of carbonyl (C=O) groups is 3. The molecule has 0 bridgehead atoms. The monoisotopic (exact) mass is 157 g/mol. The van der Waals surface area contributed by atoms with Gasteiger partial charge in [-0.2, -0.15) is 0 Å². The normalized spacial score (nSPS) is 12.1. The van der Waals surface area contributed by atoms with Crippen LogP contribution in [-0.4, -0.2) is 24.4 Å². The zero-order valence-corrected chi connectivity index (χ0v) is 6.16. The summed E-state index contributed by atoms with van der Waals surface area (Å²) >= 11 is 0. The summed E-state index contributed by atoms with van der Waals surface area (Å²) in [5.41, 5.74) is 5.21.